The molecular formula is C11H16O7. The first-order chi connectivity index (χ1) is 8.69. The van der Waals surface area contributed by atoms with Crippen molar-refractivity contribution in [3.05, 3.63) is 0 Å². The predicted octanol–water partition coefficient (Wildman–Crippen LogP) is -0.223. The highest BCUT2D eigenvalue weighted by Gasteiger charge is 2.58. The van der Waals surface area contributed by atoms with Crippen molar-refractivity contribution in [2.45, 2.75) is 51.0 Å². The Hall–Kier alpha value is -0.730. The zero-order valence-electron chi connectivity index (χ0n) is 10.2. The quantitative estimate of drug-likeness (QED) is 0.649. The minimum atomic E-state index is -0.731. The fraction of sp³-hybridized carbons (Fsp3) is 0.909. The summed E-state index contributed by atoms with van der Waals surface area (Å²) < 4.78 is 32.7. The van der Waals surface area contributed by atoms with Crippen molar-refractivity contribution in [2.75, 3.05) is 13.2 Å². The number of esters is 1. The molecule has 3 aliphatic heterocycles. The lowest BCUT2D eigenvalue weighted by molar-refractivity contribution is -0.249. The molecule has 1 unspecified atom stereocenters. The van der Waals surface area contributed by atoms with E-state index in [1.165, 1.54) is 6.92 Å². The van der Waals surface area contributed by atoms with Gasteiger partial charge < -0.3 is 28.4 Å². The third-order valence-electron chi connectivity index (χ3n) is 3.16. The summed E-state index contributed by atoms with van der Waals surface area (Å²) in [5, 5.41) is 0. The van der Waals surface area contributed by atoms with Gasteiger partial charge in [-0.2, -0.15) is 0 Å². The van der Waals surface area contributed by atoms with Crippen LogP contribution >= 0.6 is 0 Å². The zero-order valence-corrected chi connectivity index (χ0v) is 10.2. The molecule has 0 saturated carbocycles. The fourth-order valence-corrected chi connectivity index (χ4v) is 2.48. The van der Waals surface area contributed by atoms with E-state index in [2.05, 4.69) is 0 Å². The van der Waals surface area contributed by atoms with Crippen molar-refractivity contribution in [3.8, 4) is 0 Å². The first-order valence-electron chi connectivity index (χ1n) is 6.06. The topological polar surface area (TPSA) is 72.5 Å². The lowest BCUT2D eigenvalue weighted by Gasteiger charge is -2.33. The maximum absolute atomic E-state index is 11.1. The van der Waals surface area contributed by atoms with E-state index < -0.39 is 30.9 Å². The highest BCUT2D eigenvalue weighted by Crippen LogP contribution is 2.38. The van der Waals surface area contributed by atoms with Crippen LogP contribution in [0.2, 0.25) is 0 Å². The maximum atomic E-state index is 11.1. The van der Waals surface area contributed by atoms with Gasteiger partial charge in [-0.1, -0.05) is 0 Å². The Morgan fingerprint density at radius 1 is 1.28 bits per heavy atom. The molecule has 3 saturated heterocycles. The summed E-state index contributed by atoms with van der Waals surface area (Å²) in [6.45, 7) is 3.35. The van der Waals surface area contributed by atoms with Crippen LogP contribution in [0, 0.1) is 0 Å². The number of hydrogen-bond donors (Lipinski definition) is 0. The fourth-order valence-electron chi connectivity index (χ4n) is 2.48. The van der Waals surface area contributed by atoms with Gasteiger partial charge in [0.25, 0.3) is 6.48 Å². The SMILES string of the molecule is CCOC1O[C@H]2[C@@H](O1)[C@@H]1CO[C@@H](O1)[C@@H]2OC(C)=O. The number of fused-ring (bicyclic) bond motifs is 4. The van der Waals surface area contributed by atoms with Gasteiger partial charge in [0.05, 0.1) is 6.61 Å². The number of ether oxygens (including phenoxy) is 6. The van der Waals surface area contributed by atoms with Gasteiger partial charge in [0.15, 0.2) is 12.4 Å². The number of rotatable bonds is 3. The van der Waals surface area contributed by atoms with Gasteiger partial charge in [0.2, 0.25) is 0 Å². The summed E-state index contributed by atoms with van der Waals surface area (Å²) >= 11 is 0. The molecule has 3 heterocycles. The average molecular weight is 260 g/mol. The molecule has 2 bridgehead atoms. The standard InChI is InChI=1S/C11H16O7/c1-3-13-11-17-7-6-4-14-10(16-6)9(8(7)18-11)15-5(2)12/h6-11H,3-4H2,1-2H3/t6-,7-,8-,9+,10-,11?/m0/s1. The van der Waals surface area contributed by atoms with Gasteiger partial charge in [-0.15, -0.1) is 0 Å². The van der Waals surface area contributed by atoms with Crippen LogP contribution in [0.25, 0.3) is 0 Å². The van der Waals surface area contributed by atoms with E-state index in [0.717, 1.165) is 0 Å². The predicted molar refractivity (Wildman–Crippen MR) is 55.3 cm³/mol. The highest BCUT2D eigenvalue weighted by atomic mass is 16.9. The van der Waals surface area contributed by atoms with Gasteiger partial charge in [-0.3, -0.25) is 4.79 Å². The molecule has 0 spiro atoms. The van der Waals surface area contributed by atoms with E-state index in [1.807, 2.05) is 6.92 Å². The lowest BCUT2D eigenvalue weighted by atomic mass is 10.0. The molecule has 7 heteroatoms. The summed E-state index contributed by atoms with van der Waals surface area (Å²) in [4.78, 5) is 11.1. The van der Waals surface area contributed by atoms with Crippen LogP contribution in [0.5, 0.6) is 0 Å². The highest BCUT2D eigenvalue weighted by molar-refractivity contribution is 5.66. The van der Waals surface area contributed by atoms with Crippen LogP contribution in [-0.2, 0) is 33.2 Å². The van der Waals surface area contributed by atoms with Gasteiger partial charge in [-0.25, -0.2) is 0 Å². The van der Waals surface area contributed by atoms with Crippen molar-refractivity contribution < 1.29 is 33.2 Å². The third-order valence-corrected chi connectivity index (χ3v) is 3.16. The Morgan fingerprint density at radius 3 is 2.78 bits per heavy atom. The summed E-state index contributed by atoms with van der Waals surface area (Å²) in [5.41, 5.74) is 0. The van der Waals surface area contributed by atoms with E-state index in [4.69, 9.17) is 28.4 Å². The first kappa shape index (κ1) is 12.3. The molecule has 6 atom stereocenters. The van der Waals surface area contributed by atoms with Crippen LogP contribution in [0.3, 0.4) is 0 Å². The normalized spacial score (nSPS) is 45.9. The molecule has 0 aromatic rings. The molecule has 102 valence electrons. The Bertz CT molecular complexity index is 333. The lowest BCUT2D eigenvalue weighted by Crippen LogP contribution is -2.53. The van der Waals surface area contributed by atoms with Crippen LogP contribution in [0.1, 0.15) is 13.8 Å². The number of carbonyl (C=O) groups excluding carboxylic acids is 1. The van der Waals surface area contributed by atoms with Gasteiger partial charge >= 0.3 is 5.97 Å². The number of carbonyl (C=O) groups is 1. The Kier molecular flexibility index (Phi) is 3.25. The summed E-state index contributed by atoms with van der Waals surface area (Å²) in [7, 11) is 0. The molecule has 7 nitrogen and oxygen atoms in total. The van der Waals surface area contributed by atoms with E-state index in [9.17, 15) is 4.79 Å². The zero-order chi connectivity index (χ0) is 12.7. The minimum Gasteiger partial charge on any atom is -0.454 e. The van der Waals surface area contributed by atoms with Crippen molar-refractivity contribution in [1.82, 2.24) is 0 Å². The Labute approximate surface area is 104 Å². The van der Waals surface area contributed by atoms with E-state index in [0.29, 0.717) is 13.2 Å². The second-order valence-electron chi connectivity index (χ2n) is 4.40. The molecular weight excluding hydrogens is 244 g/mol. The van der Waals surface area contributed by atoms with E-state index in [-0.39, 0.29) is 12.2 Å². The van der Waals surface area contributed by atoms with Crippen LogP contribution < -0.4 is 0 Å². The molecule has 3 aliphatic rings. The third kappa shape index (κ3) is 2.02. The van der Waals surface area contributed by atoms with E-state index >= 15 is 0 Å². The summed E-state index contributed by atoms with van der Waals surface area (Å²) in [6, 6.07) is 0. The summed E-state index contributed by atoms with van der Waals surface area (Å²) in [6.07, 6.45) is -2.13. The van der Waals surface area contributed by atoms with Crippen molar-refractivity contribution >= 4 is 5.97 Å². The Morgan fingerprint density at radius 2 is 2.06 bits per heavy atom. The summed E-state index contributed by atoms with van der Waals surface area (Å²) in [5.74, 6) is -0.403. The first-order valence-corrected chi connectivity index (χ1v) is 6.06. The molecule has 0 aliphatic carbocycles. The van der Waals surface area contributed by atoms with Gasteiger partial charge in [-0.05, 0) is 6.92 Å². The largest absolute Gasteiger partial charge is 0.454 e. The Balaban J connectivity index is 1.75. The monoisotopic (exact) mass is 260 g/mol. The second kappa shape index (κ2) is 4.75. The van der Waals surface area contributed by atoms with Crippen molar-refractivity contribution in [1.29, 1.82) is 0 Å². The van der Waals surface area contributed by atoms with E-state index in [1.54, 1.807) is 0 Å². The minimum absolute atomic E-state index is 0.197. The van der Waals surface area contributed by atoms with Crippen LogP contribution in [0.4, 0.5) is 0 Å². The average Bonchev–Trinajstić information content (AvgIpc) is 2.90. The maximum Gasteiger partial charge on any atom is 0.303 e. The molecule has 18 heavy (non-hydrogen) atoms. The second-order valence-corrected chi connectivity index (χ2v) is 4.40. The smallest absolute Gasteiger partial charge is 0.303 e. The molecule has 0 aromatic carbocycles. The molecule has 3 rings (SSSR count). The number of hydrogen-bond acceptors (Lipinski definition) is 7. The van der Waals surface area contributed by atoms with Gasteiger partial charge in [0, 0.05) is 13.5 Å². The van der Waals surface area contributed by atoms with Crippen molar-refractivity contribution in [3.63, 3.8) is 0 Å². The van der Waals surface area contributed by atoms with Crippen LogP contribution in [0.15, 0.2) is 0 Å². The van der Waals surface area contributed by atoms with Gasteiger partial charge in [0.1, 0.15) is 18.3 Å². The van der Waals surface area contributed by atoms with Crippen molar-refractivity contribution in [2.24, 2.45) is 0 Å². The molecule has 0 amide bonds. The molecule has 3 fully saturated rings. The molecule has 0 N–H and O–H groups in total. The molecule has 0 aromatic heterocycles. The molecule has 0 radical (unpaired) electrons. The van der Waals surface area contributed by atoms with Crippen LogP contribution in [-0.4, -0.2) is 56.4 Å².